The summed E-state index contributed by atoms with van der Waals surface area (Å²) in [5.74, 6) is -1.26. The Morgan fingerprint density at radius 2 is 2.26 bits per heavy atom. The third-order valence-corrected chi connectivity index (χ3v) is 2.89. The van der Waals surface area contributed by atoms with Gasteiger partial charge in [-0.25, -0.2) is 9.07 Å². The average Bonchev–Trinajstić information content (AvgIpc) is 2.79. The first kappa shape index (κ1) is 13.5. The highest BCUT2D eigenvalue weighted by Gasteiger charge is 2.07. The van der Waals surface area contributed by atoms with Crippen molar-refractivity contribution in [2.75, 3.05) is 0 Å². The van der Waals surface area contributed by atoms with Crippen LogP contribution < -0.4 is 0 Å². The quantitative estimate of drug-likeness (QED) is 0.913. The van der Waals surface area contributed by atoms with Crippen molar-refractivity contribution in [3.8, 4) is 0 Å². The second kappa shape index (κ2) is 5.79. The molecule has 7 heteroatoms. The van der Waals surface area contributed by atoms with Gasteiger partial charge in [0.2, 0.25) is 0 Å². The van der Waals surface area contributed by atoms with Crippen molar-refractivity contribution in [2.45, 2.75) is 19.4 Å². The average molecular weight is 284 g/mol. The first-order valence-electron chi connectivity index (χ1n) is 5.59. The SMILES string of the molecule is O=C(O)CCc1cn(Cc2cc(F)ccc2Cl)nn1. The Morgan fingerprint density at radius 1 is 1.47 bits per heavy atom. The second-order valence-electron chi connectivity index (χ2n) is 4.04. The number of carbonyl (C=O) groups is 1. The fraction of sp³-hybridized carbons (Fsp3) is 0.250. The first-order valence-corrected chi connectivity index (χ1v) is 5.97. The molecule has 2 aromatic rings. The molecule has 0 saturated heterocycles. The minimum absolute atomic E-state index is 0.000581. The minimum Gasteiger partial charge on any atom is -0.481 e. The Balaban J connectivity index is 2.07. The molecule has 1 aromatic heterocycles. The summed E-state index contributed by atoms with van der Waals surface area (Å²) in [5.41, 5.74) is 1.17. The van der Waals surface area contributed by atoms with Crippen molar-refractivity contribution < 1.29 is 14.3 Å². The molecule has 0 unspecified atom stereocenters. The van der Waals surface area contributed by atoms with Crippen LogP contribution in [0, 0.1) is 5.82 Å². The van der Waals surface area contributed by atoms with Crippen molar-refractivity contribution in [2.24, 2.45) is 0 Å². The summed E-state index contributed by atoms with van der Waals surface area (Å²) in [6.07, 6.45) is 1.94. The Bertz CT molecular complexity index is 600. The normalized spacial score (nSPS) is 10.6. The van der Waals surface area contributed by atoms with Crippen LogP contribution in [-0.2, 0) is 17.8 Å². The first-order chi connectivity index (χ1) is 9.04. The van der Waals surface area contributed by atoms with E-state index < -0.39 is 5.97 Å². The number of rotatable bonds is 5. The lowest BCUT2D eigenvalue weighted by molar-refractivity contribution is -0.136. The lowest BCUT2D eigenvalue weighted by Crippen LogP contribution is -2.01. The largest absolute Gasteiger partial charge is 0.481 e. The van der Waals surface area contributed by atoms with Gasteiger partial charge in [-0.15, -0.1) is 5.10 Å². The molecule has 0 atom stereocenters. The van der Waals surface area contributed by atoms with Crippen molar-refractivity contribution in [3.63, 3.8) is 0 Å². The molecule has 1 heterocycles. The van der Waals surface area contributed by atoms with Crippen LogP contribution in [0.15, 0.2) is 24.4 Å². The van der Waals surface area contributed by atoms with E-state index in [0.29, 0.717) is 22.7 Å². The molecule has 100 valence electrons. The molecule has 0 bridgehead atoms. The van der Waals surface area contributed by atoms with Gasteiger partial charge in [-0.05, 0) is 23.8 Å². The number of benzene rings is 1. The van der Waals surface area contributed by atoms with Crippen molar-refractivity contribution >= 4 is 17.6 Å². The molecule has 0 saturated carbocycles. The highest BCUT2D eigenvalue weighted by atomic mass is 35.5. The van der Waals surface area contributed by atoms with E-state index in [9.17, 15) is 9.18 Å². The van der Waals surface area contributed by atoms with E-state index in [-0.39, 0.29) is 18.8 Å². The maximum Gasteiger partial charge on any atom is 0.303 e. The summed E-state index contributed by atoms with van der Waals surface area (Å²) in [7, 11) is 0. The van der Waals surface area contributed by atoms with Crippen LogP contribution in [0.2, 0.25) is 5.02 Å². The van der Waals surface area contributed by atoms with Crippen LogP contribution in [0.5, 0.6) is 0 Å². The van der Waals surface area contributed by atoms with Gasteiger partial charge in [-0.3, -0.25) is 4.79 Å². The third kappa shape index (κ3) is 3.75. The Kier molecular flexibility index (Phi) is 4.11. The van der Waals surface area contributed by atoms with Crippen molar-refractivity contribution in [1.82, 2.24) is 15.0 Å². The van der Waals surface area contributed by atoms with E-state index in [1.165, 1.54) is 22.9 Å². The molecule has 0 radical (unpaired) electrons. The number of hydrogen-bond donors (Lipinski definition) is 1. The number of nitrogens with zero attached hydrogens (tertiary/aromatic N) is 3. The monoisotopic (exact) mass is 283 g/mol. The Morgan fingerprint density at radius 3 is 3.00 bits per heavy atom. The van der Waals surface area contributed by atoms with Crippen LogP contribution in [0.4, 0.5) is 4.39 Å². The fourth-order valence-electron chi connectivity index (χ4n) is 1.60. The standard InChI is InChI=1S/C12H11ClFN3O2/c13-11-3-1-9(14)5-8(11)6-17-7-10(15-16-17)2-4-12(18)19/h1,3,5,7H,2,4,6H2,(H,18,19). The molecule has 2 rings (SSSR count). The molecule has 1 aromatic carbocycles. The third-order valence-electron chi connectivity index (χ3n) is 2.52. The predicted octanol–water partition coefficient (Wildman–Crippen LogP) is 2.14. The maximum atomic E-state index is 13.1. The summed E-state index contributed by atoms with van der Waals surface area (Å²) in [4.78, 5) is 10.4. The topological polar surface area (TPSA) is 68.0 Å². The molecule has 5 nitrogen and oxygen atoms in total. The van der Waals surface area contributed by atoms with Gasteiger partial charge in [0, 0.05) is 17.6 Å². The summed E-state index contributed by atoms with van der Waals surface area (Å²) in [6, 6.07) is 4.10. The van der Waals surface area contributed by atoms with Gasteiger partial charge in [-0.1, -0.05) is 16.8 Å². The molecular weight excluding hydrogens is 273 g/mol. The number of hydrogen-bond acceptors (Lipinski definition) is 3. The molecule has 19 heavy (non-hydrogen) atoms. The van der Waals surface area contributed by atoms with Crippen LogP contribution >= 0.6 is 11.6 Å². The lowest BCUT2D eigenvalue weighted by Gasteiger charge is -2.03. The highest BCUT2D eigenvalue weighted by Crippen LogP contribution is 2.18. The van der Waals surface area contributed by atoms with Gasteiger partial charge in [0.15, 0.2) is 0 Å². The van der Waals surface area contributed by atoms with Crippen LogP contribution in [-0.4, -0.2) is 26.1 Å². The Hall–Kier alpha value is -1.95. The molecule has 1 N–H and O–H groups in total. The molecular formula is C12H11ClFN3O2. The zero-order chi connectivity index (χ0) is 13.8. The van der Waals surface area contributed by atoms with Gasteiger partial charge in [-0.2, -0.15) is 0 Å². The maximum absolute atomic E-state index is 13.1. The summed E-state index contributed by atoms with van der Waals surface area (Å²) in [6.45, 7) is 0.288. The van der Waals surface area contributed by atoms with Gasteiger partial charge < -0.3 is 5.11 Å². The van der Waals surface area contributed by atoms with Crippen molar-refractivity contribution in [1.29, 1.82) is 0 Å². The predicted molar refractivity (Wildman–Crippen MR) is 66.5 cm³/mol. The van der Waals surface area contributed by atoms with E-state index in [2.05, 4.69) is 10.3 Å². The Labute approximate surface area is 113 Å². The van der Waals surface area contributed by atoms with Gasteiger partial charge in [0.05, 0.1) is 18.7 Å². The van der Waals surface area contributed by atoms with Crippen molar-refractivity contribution in [3.05, 3.63) is 46.5 Å². The number of carboxylic acids is 1. The number of carboxylic acid groups (broad SMARTS) is 1. The molecule has 0 aliphatic carbocycles. The molecule has 0 fully saturated rings. The highest BCUT2D eigenvalue weighted by molar-refractivity contribution is 6.31. The zero-order valence-corrected chi connectivity index (χ0v) is 10.6. The zero-order valence-electron chi connectivity index (χ0n) is 9.88. The van der Waals surface area contributed by atoms with Crippen LogP contribution in [0.25, 0.3) is 0 Å². The van der Waals surface area contributed by atoms with Crippen LogP contribution in [0.3, 0.4) is 0 Å². The van der Waals surface area contributed by atoms with E-state index in [1.54, 1.807) is 6.20 Å². The lowest BCUT2D eigenvalue weighted by atomic mass is 10.2. The van der Waals surface area contributed by atoms with E-state index in [1.807, 2.05) is 0 Å². The summed E-state index contributed by atoms with van der Waals surface area (Å²) < 4.78 is 14.6. The van der Waals surface area contributed by atoms with Gasteiger partial charge in [0.25, 0.3) is 0 Å². The fourth-order valence-corrected chi connectivity index (χ4v) is 1.78. The van der Waals surface area contributed by atoms with Gasteiger partial charge in [0.1, 0.15) is 5.82 Å². The van der Waals surface area contributed by atoms with E-state index in [4.69, 9.17) is 16.7 Å². The van der Waals surface area contributed by atoms with Gasteiger partial charge >= 0.3 is 5.97 Å². The number of aromatic nitrogens is 3. The molecule has 0 amide bonds. The summed E-state index contributed by atoms with van der Waals surface area (Å²) >= 11 is 5.95. The minimum atomic E-state index is -0.886. The molecule has 0 aliphatic heterocycles. The number of aliphatic carboxylic acids is 1. The molecule has 0 aliphatic rings. The second-order valence-corrected chi connectivity index (χ2v) is 4.44. The van der Waals surface area contributed by atoms with Crippen LogP contribution in [0.1, 0.15) is 17.7 Å². The smallest absolute Gasteiger partial charge is 0.303 e. The number of halogens is 2. The van der Waals surface area contributed by atoms with E-state index >= 15 is 0 Å². The van der Waals surface area contributed by atoms with E-state index in [0.717, 1.165) is 0 Å². The number of aryl methyl sites for hydroxylation is 1. The molecule has 0 spiro atoms. The summed E-state index contributed by atoms with van der Waals surface area (Å²) in [5, 5.41) is 16.7.